The second-order valence-corrected chi connectivity index (χ2v) is 14.1. The zero-order valence-corrected chi connectivity index (χ0v) is 26.2. The van der Waals surface area contributed by atoms with Gasteiger partial charge in [0.2, 0.25) is 0 Å². The first kappa shape index (κ1) is 29.7. The maximum absolute atomic E-state index is 10.4. The Kier molecular flexibility index (Phi) is 9.85. The van der Waals surface area contributed by atoms with Crippen LogP contribution < -0.4 is 0 Å². The van der Waals surface area contributed by atoms with Crippen molar-refractivity contribution in [2.24, 2.45) is 5.92 Å². The molecule has 3 aliphatic rings. The van der Waals surface area contributed by atoms with Crippen LogP contribution >= 0.6 is 0 Å². The summed E-state index contributed by atoms with van der Waals surface area (Å²) in [5.74, 6) is 2.28. The van der Waals surface area contributed by atoms with Crippen molar-refractivity contribution in [3.05, 3.63) is 106 Å². The number of benzene rings is 3. The van der Waals surface area contributed by atoms with Crippen LogP contribution in [0.3, 0.4) is 0 Å². The molecule has 0 heterocycles. The Morgan fingerprint density at radius 2 is 0.881 bits per heavy atom. The summed E-state index contributed by atoms with van der Waals surface area (Å²) in [7, 11) is 0. The fourth-order valence-electron chi connectivity index (χ4n) is 9.19. The third kappa shape index (κ3) is 6.14. The Morgan fingerprint density at radius 3 is 1.19 bits per heavy atom. The monoisotopic (exact) mass is 562 g/mol. The zero-order valence-electron chi connectivity index (χ0n) is 26.2. The zero-order chi connectivity index (χ0) is 28.8. The Morgan fingerprint density at radius 1 is 0.548 bits per heavy atom. The highest BCUT2D eigenvalue weighted by Gasteiger charge is 2.42. The van der Waals surface area contributed by atoms with Crippen molar-refractivity contribution in [2.75, 3.05) is 6.61 Å². The average Bonchev–Trinajstić information content (AvgIpc) is 3.07. The van der Waals surface area contributed by atoms with Crippen molar-refractivity contribution in [1.82, 2.24) is 0 Å². The van der Waals surface area contributed by atoms with Crippen molar-refractivity contribution >= 4 is 0 Å². The van der Waals surface area contributed by atoms with Crippen molar-refractivity contribution in [2.45, 2.75) is 133 Å². The summed E-state index contributed by atoms with van der Waals surface area (Å²) < 4.78 is 0. The predicted octanol–water partition coefficient (Wildman–Crippen LogP) is 11.2. The van der Waals surface area contributed by atoms with Crippen LogP contribution in [0.25, 0.3) is 0 Å². The first-order chi connectivity index (χ1) is 20.7. The third-order valence-corrected chi connectivity index (χ3v) is 11.6. The van der Waals surface area contributed by atoms with E-state index in [-0.39, 0.29) is 17.9 Å². The molecule has 3 saturated carbocycles. The van der Waals surface area contributed by atoms with Crippen molar-refractivity contribution in [3.63, 3.8) is 0 Å². The summed E-state index contributed by atoms with van der Waals surface area (Å²) in [5, 5.41) is 10.4. The van der Waals surface area contributed by atoms with Gasteiger partial charge in [0.15, 0.2) is 0 Å². The van der Waals surface area contributed by atoms with E-state index >= 15 is 0 Å². The lowest BCUT2D eigenvalue weighted by molar-refractivity contribution is 0.238. The summed E-state index contributed by atoms with van der Waals surface area (Å²) in [6.45, 7) is 2.62. The molecule has 3 aromatic carbocycles. The standard InChI is InChI=1S/C41H54O/c1-31(26-27-42)41(38-23-11-20-35(28-38)32-14-5-2-6-15-32,39-24-12-21-36(29-39)33-16-7-3-8-17-33)40-25-13-22-37(30-40)34-18-9-4-10-19-34/h11-13,20-25,28-34,42H,2-10,14-19,26-27H2,1H3. The van der Waals surface area contributed by atoms with Gasteiger partial charge in [0.05, 0.1) is 0 Å². The van der Waals surface area contributed by atoms with Gasteiger partial charge >= 0.3 is 0 Å². The Labute approximate surface area is 256 Å². The lowest BCUT2D eigenvalue weighted by Gasteiger charge is -2.43. The van der Waals surface area contributed by atoms with Gasteiger partial charge in [-0.1, -0.05) is 138 Å². The van der Waals surface area contributed by atoms with Gasteiger partial charge in [0.1, 0.15) is 0 Å². The molecule has 6 rings (SSSR count). The summed E-state index contributed by atoms with van der Waals surface area (Å²) in [6, 6.07) is 29.2. The van der Waals surface area contributed by atoms with E-state index in [1.54, 1.807) is 0 Å². The lowest BCUT2D eigenvalue weighted by atomic mass is 9.60. The van der Waals surface area contributed by atoms with Gasteiger partial charge in [-0.25, -0.2) is 0 Å². The smallest absolute Gasteiger partial charge is 0.0477 e. The van der Waals surface area contributed by atoms with Crippen LogP contribution in [0.4, 0.5) is 0 Å². The minimum atomic E-state index is -0.303. The highest BCUT2D eigenvalue weighted by molar-refractivity contribution is 5.54. The van der Waals surface area contributed by atoms with E-state index in [2.05, 4.69) is 79.7 Å². The number of aliphatic hydroxyl groups is 1. The first-order valence-electron chi connectivity index (χ1n) is 17.6. The second kappa shape index (κ2) is 13.9. The Balaban J connectivity index is 1.54. The molecule has 3 fully saturated rings. The molecule has 1 nitrogen and oxygen atoms in total. The van der Waals surface area contributed by atoms with Crippen LogP contribution in [-0.2, 0) is 5.41 Å². The van der Waals surface area contributed by atoms with Crippen LogP contribution in [-0.4, -0.2) is 11.7 Å². The molecule has 224 valence electrons. The van der Waals surface area contributed by atoms with E-state index in [1.165, 1.54) is 130 Å². The van der Waals surface area contributed by atoms with Gasteiger partial charge in [-0.2, -0.15) is 0 Å². The van der Waals surface area contributed by atoms with Crippen LogP contribution in [0.2, 0.25) is 0 Å². The van der Waals surface area contributed by atoms with Gasteiger partial charge in [0, 0.05) is 12.0 Å². The molecule has 0 bridgehead atoms. The summed E-state index contributed by atoms with van der Waals surface area (Å²) >= 11 is 0. The largest absolute Gasteiger partial charge is 0.396 e. The molecule has 1 N–H and O–H groups in total. The highest BCUT2D eigenvalue weighted by atomic mass is 16.3. The topological polar surface area (TPSA) is 20.2 Å². The number of hydrogen-bond donors (Lipinski definition) is 1. The highest BCUT2D eigenvalue weighted by Crippen LogP contribution is 2.49. The van der Waals surface area contributed by atoms with Crippen LogP contribution in [0, 0.1) is 5.92 Å². The van der Waals surface area contributed by atoms with E-state index in [9.17, 15) is 5.11 Å². The molecule has 42 heavy (non-hydrogen) atoms. The number of aliphatic hydroxyl groups excluding tert-OH is 1. The van der Waals surface area contributed by atoms with Crippen molar-refractivity contribution in [3.8, 4) is 0 Å². The number of rotatable bonds is 9. The van der Waals surface area contributed by atoms with Gasteiger partial charge in [-0.05, 0) is 102 Å². The molecule has 0 amide bonds. The molecular weight excluding hydrogens is 508 g/mol. The fourth-order valence-corrected chi connectivity index (χ4v) is 9.19. The molecule has 3 aliphatic carbocycles. The summed E-state index contributed by atoms with van der Waals surface area (Å²) in [4.78, 5) is 0. The minimum absolute atomic E-state index is 0.218. The molecule has 1 heteroatoms. The van der Waals surface area contributed by atoms with Crippen molar-refractivity contribution < 1.29 is 5.11 Å². The lowest BCUT2D eigenvalue weighted by Crippen LogP contribution is -2.37. The molecule has 1 atom stereocenters. The van der Waals surface area contributed by atoms with Gasteiger partial charge in [0.25, 0.3) is 0 Å². The van der Waals surface area contributed by atoms with Gasteiger partial charge in [-0.15, -0.1) is 0 Å². The maximum atomic E-state index is 10.4. The first-order valence-corrected chi connectivity index (χ1v) is 17.6. The molecule has 0 radical (unpaired) electrons. The summed E-state index contributed by atoms with van der Waals surface area (Å²) in [6.07, 6.45) is 21.0. The maximum Gasteiger partial charge on any atom is 0.0477 e. The molecular formula is C41H54O. The molecule has 3 aromatic rings. The normalized spacial score (nSPS) is 20.4. The van der Waals surface area contributed by atoms with Gasteiger partial charge < -0.3 is 5.11 Å². The van der Waals surface area contributed by atoms with E-state index in [4.69, 9.17) is 0 Å². The Hall–Kier alpha value is -2.38. The van der Waals surface area contributed by atoms with E-state index < -0.39 is 0 Å². The van der Waals surface area contributed by atoms with Crippen LogP contribution in [0.15, 0.2) is 72.8 Å². The molecule has 0 aromatic heterocycles. The quantitative estimate of drug-likeness (QED) is 0.257. The van der Waals surface area contributed by atoms with Gasteiger partial charge in [-0.3, -0.25) is 0 Å². The molecule has 1 unspecified atom stereocenters. The molecule has 0 saturated heterocycles. The van der Waals surface area contributed by atoms with Crippen LogP contribution in [0.1, 0.15) is 161 Å². The average molecular weight is 563 g/mol. The molecule has 0 spiro atoms. The van der Waals surface area contributed by atoms with Crippen LogP contribution in [0.5, 0.6) is 0 Å². The Bertz CT molecular complexity index is 1120. The fraction of sp³-hybridized carbons (Fsp3) is 0.561. The number of hydrogen-bond acceptors (Lipinski definition) is 1. The predicted molar refractivity (Wildman–Crippen MR) is 178 cm³/mol. The van der Waals surface area contributed by atoms with E-state index in [1.807, 2.05) is 0 Å². The summed E-state index contributed by atoms with van der Waals surface area (Å²) in [5.41, 5.74) is 8.55. The molecule has 0 aliphatic heterocycles. The van der Waals surface area contributed by atoms with E-state index in [0.717, 1.165) is 6.42 Å². The SMILES string of the molecule is CC(CCO)C(c1cccc(C2CCCCC2)c1)(c1cccc(C2CCCCC2)c1)c1cccc(C2CCCCC2)c1. The minimum Gasteiger partial charge on any atom is -0.396 e. The second-order valence-electron chi connectivity index (χ2n) is 14.1. The van der Waals surface area contributed by atoms with Crippen molar-refractivity contribution in [1.29, 1.82) is 0 Å². The van der Waals surface area contributed by atoms with E-state index in [0.29, 0.717) is 17.8 Å². The third-order valence-electron chi connectivity index (χ3n) is 11.6.